The predicted octanol–water partition coefficient (Wildman–Crippen LogP) is 4.72. The molecule has 122 valence electrons. The van der Waals surface area contributed by atoms with Crippen molar-refractivity contribution in [2.24, 2.45) is 0 Å². The molecule has 0 fully saturated rings. The largest absolute Gasteiger partial charge is 0.493 e. The zero-order valence-electron chi connectivity index (χ0n) is 14.4. The molecule has 0 saturated heterocycles. The van der Waals surface area contributed by atoms with Gasteiger partial charge in [0.25, 0.3) is 0 Å². The number of hydrogen-bond donors (Lipinski definition) is 1. The SMILES string of the molecule is Cc1ccc(C)c(OCCCC(=O)Nc2ccc(C)c(C)c2)c1. The van der Waals surface area contributed by atoms with Gasteiger partial charge in [0.2, 0.25) is 5.91 Å². The smallest absolute Gasteiger partial charge is 0.224 e. The molecule has 0 unspecified atom stereocenters. The summed E-state index contributed by atoms with van der Waals surface area (Å²) in [7, 11) is 0. The molecular formula is C20H25NO2. The van der Waals surface area contributed by atoms with Crippen molar-refractivity contribution >= 4 is 11.6 Å². The van der Waals surface area contributed by atoms with Crippen molar-refractivity contribution in [1.82, 2.24) is 0 Å². The summed E-state index contributed by atoms with van der Waals surface area (Å²) in [6.45, 7) is 8.73. The molecular weight excluding hydrogens is 286 g/mol. The highest BCUT2D eigenvalue weighted by Crippen LogP contribution is 2.19. The molecule has 0 radical (unpaired) electrons. The summed E-state index contributed by atoms with van der Waals surface area (Å²) in [6.07, 6.45) is 1.15. The summed E-state index contributed by atoms with van der Waals surface area (Å²) in [6, 6.07) is 12.1. The minimum Gasteiger partial charge on any atom is -0.493 e. The van der Waals surface area contributed by atoms with Crippen molar-refractivity contribution in [3.63, 3.8) is 0 Å². The Hall–Kier alpha value is -2.29. The van der Waals surface area contributed by atoms with E-state index in [1.54, 1.807) is 0 Å². The fraction of sp³-hybridized carbons (Fsp3) is 0.350. The molecule has 0 aliphatic heterocycles. The first-order valence-electron chi connectivity index (χ1n) is 8.03. The zero-order chi connectivity index (χ0) is 16.8. The molecule has 0 bridgehead atoms. The first-order chi connectivity index (χ1) is 11.0. The number of amides is 1. The average molecular weight is 311 g/mol. The molecule has 0 aliphatic carbocycles. The standard InChI is InChI=1S/C20H25NO2/c1-14-7-8-16(3)19(12-14)23-11-5-6-20(22)21-18-10-9-15(2)17(4)13-18/h7-10,12-13H,5-6,11H2,1-4H3,(H,21,22). The molecule has 23 heavy (non-hydrogen) atoms. The number of hydrogen-bond acceptors (Lipinski definition) is 2. The molecule has 2 rings (SSSR count). The van der Waals surface area contributed by atoms with Gasteiger partial charge in [0.15, 0.2) is 0 Å². The number of anilines is 1. The summed E-state index contributed by atoms with van der Waals surface area (Å²) in [4.78, 5) is 12.0. The van der Waals surface area contributed by atoms with Gasteiger partial charge < -0.3 is 10.1 Å². The lowest BCUT2D eigenvalue weighted by molar-refractivity contribution is -0.116. The maximum Gasteiger partial charge on any atom is 0.224 e. The minimum atomic E-state index is 0.0258. The molecule has 0 heterocycles. The molecule has 3 nitrogen and oxygen atoms in total. The van der Waals surface area contributed by atoms with E-state index in [4.69, 9.17) is 4.74 Å². The van der Waals surface area contributed by atoms with E-state index in [9.17, 15) is 4.79 Å². The maximum absolute atomic E-state index is 12.0. The molecule has 2 aromatic rings. The van der Waals surface area contributed by atoms with Crippen molar-refractivity contribution in [2.45, 2.75) is 40.5 Å². The van der Waals surface area contributed by atoms with E-state index in [2.05, 4.69) is 24.4 Å². The Morgan fingerprint density at radius 1 is 0.957 bits per heavy atom. The Morgan fingerprint density at radius 2 is 1.70 bits per heavy atom. The van der Waals surface area contributed by atoms with E-state index in [1.165, 1.54) is 16.7 Å². The van der Waals surface area contributed by atoms with Gasteiger partial charge in [0.1, 0.15) is 5.75 Å². The Kier molecular flexibility index (Phi) is 5.80. The van der Waals surface area contributed by atoms with Gasteiger partial charge >= 0.3 is 0 Å². The summed E-state index contributed by atoms with van der Waals surface area (Å²) < 4.78 is 5.77. The van der Waals surface area contributed by atoms with Gasteiger partial charge in [-0.1, -0.05) is 18.2 Å². The van der Waals surface area contributed by atoms with Crippen LogP contribution in [0, 0.1) is 27.7 Å². The minimum absolute atomic E-state index is 0.0258. The Labute approximate surface area is 138 Å². The van der Waals surface area contributed by atoms with Crippen LogP contribution in [0.15, 0.2) is 36.4 Å². The maximum atomic E-state index is 12.0. The van der Waals surface area contributed by atoms with Gasteiger partial charge in [-0.25, -0.2) is 0 Å². The topological polar surface area (TPSA) is 38.3 Å². The van der Waals surface area contributed by atoms with E-state index in [0.29, 0.717) is 19.4 Å². The van der Waals surface area contributed by atoms with Crippen molar-refractivity contribution < 1.29 is 9.53 Å². The molecule has 3 heteroatoms. The van der Waals surface area contributed by atoms with E-state index in [-0.39, 0.29) is 5.91 Å². The second kappa shape index (κ2) is 7.82. The van der Waals surface area contributed by atoms with Crippen molar-refractivity contribution in [2.75, 3.05) is 11.9 Å². The van der Waals surface area contributed by atoms with Crippen LogP contribution in [-0.2, 0) is 4.79 Å². The predicted molar refractivity (Wildman–Crippen MR) is 95.2 cm³/mol. The Morgan fingerprint density at radius 3 is 2.43 bits per heavy atom. The lowest BCUT2D eigenvalue weighted by Gasteiger charge is -2.10. The summed E-state index contributed by atoms with van der Waals surface area (Å²) in [5, 5.41) is 2.93. The normalized spacial score (nSPS) is 10.4. The summed E-state index contributed by atoms with van der Waals surface area (Å²) in [5.41, 5.74) is 5.56. The number of carbonyl (C=O) groups excluding carboxylic acids is 1. The molecule has 0 saturated carbocycles. The average Bonchev–Trinajstić information content (AvgIpc) is 2.51. The highest BCUT2D eigenvalue weighted by atomic mass is 16.5. The Balaban J connectivity index is 1.76. The first kappa shape index (κ1) is 17.1. The first-order valence-corrected chi connectivity index (χ1v) is 8.03. The second-order valence-corrected chi connectivity index (χ2v) is 6.07. The van der Waals surface area contributed by atoms with Gasteiger partial charge in [0, 0.05) is 12.1 Å². The number of rotatable bonds is 6. The monoisotopic (exact) mass is 311 g/mol. The van der Waals surface area contributed by atoms with Gasteiger partial charge in [-0.2, -0.15) is 0 Å². The third-order valence-electron chi connectivity index (χ3n) is 3.94. The number of nitrogens with one attached hydrogen (secondary N) is 1. The summed E-state index contributed by atoms with van der Waals surface area (Å²) >= 11 is 0. The number of aryl methyl sites for hydroxylation is 4. The molecule has 2 aromatic carbocycles. The van der Waals surface area contributed by atoms with Crippen molar-refractivity contribution in [1.29, 1.82) is 0 Å². The van der Waals surface area contributed by atoms with Crippen LogP contribution in [0.4, 0.5) is 5.69 Å². The molecule has 1 amide bonds. The fourth-order valence-corrected chi connectivity index (χ4v) is 2.32. The zero-order valence-corrected chi connectivity index (χ0v) is 14.4. The third-order valence-corrected chi connectivity index (χ3v) is 3.94. The molecule has 0 aromatic heterocycles. The number of benzene rings is 2. The molecule has 1 N–H and O–H groups in total. The summed E-state index contributed by atoms with van der Waals surface area (Å²) in [5.74, 6) is 0.928. The van der Waals surface area contributed by atoms with Crippen LogP contribution >= 0.6 is 0 Å². The van der Waals surface area contributed by atoms with Crippen LogP contribution in [0.3, 0.4) is 0 Å². The van der Waals surface area contributed by atoms with Crippen LogP contribution in [0.5, 0.6) is 5.75 Å². The second-order valence-electron chi connectivity index (χ2n) is 6.07. The molecule has 0 spiro atoms. The van der Waals surface area contributed by atoms with Crippen LogP contribution in [0.2, 0.25) is 0 Å². The molecule has 0 atom stereocenters. The third kappa shape index (κ3) is 5.13. The van der Waals surface area contributed by atoms with E-state index in [1.807, 2.05) is 45.0 Å². The van der Waals surface area contributed by atoms with Crippen LogP contribution in [0.1, 0.15) is 35.1 Å². The van der Waals surface area contributed by atoms with Gasteiger partial charge in [-0.15, -0.1) is 0 Å². The lowest BCUT2D eigenvalue weighted by Crippen LogP contribution is -2.13. The van der Waals surface area contributed by atoms with E-state index in [0.717, 1.165) is 17.0 Å². The van der Waals surface area contributed by atoms with E-state index >= 15 is 0 Å². The number of carbonyl (C=O) groups is 1. The number of ether oxygens (including phenoxy) is 1. The van der Waals surface area contributed by atoms with Crippen molar-refractivity contribution in [3.05, 3.63) is 58.7 Å². The van der Waals surface area contributed by atoms with Crippen LogP contribution in [-0.4, -0.2) is 12.5 Å². The van der Waals surface area contributed by atoms with Crippen LogP contribution in [0.25, 0.3) is 0 Å². The van der Waals surface area contributed by atoms with Gasteiger partial charge in [-0.05, 0) is 74.6 Å². The highest BCUT2D eigenvalue weighted by Gasteiger charge is 2.05. The fourth-order valence-electron chi connectivity index (χ4n) is 2.32. The quantitative estimate of drug-likeness (QED) is 0.784. The van der Waals surface area contributed by atoms with E-state index < -0.39 is 0 Å². The van der Waals surface area contributed by atoms with Gasteiger partial charge in [-0.3, -0.25) is 4.79 Å². The highest BCUT2D eigenvalue weighted by molar-refractivity contribution is 5.90. The Bertz CT molecular complexity index is 692. The molecule has 0 aliphatic rings. The van der Waals surface area contributed by atoms with Crippen molar-refractivity contribution in [3.8, 4) is 5.75 Å². The lowest BCUT2D eigenvalue weighted by atomic mass is 10.1. The van der Waals surface area contributed by atoms with Crippen LogP contribution < -0.4 is 10.1 Å². The van der Waals surface area contributed by atoms with Gasteiger partial charge in [0.05, 0.1) is 6.61 Å².